The first kappa shape index (κ1) is 32.4. The van der Waals surface area contributed by atoms with Crippen molar-refractivity contribution in [3.8, 4) is 52.2 Å². The predicted octanol–water partition coefficient (Wildman–Crippen LogP) is 9.33. The van der Waals surface area contributed by atoms with Crippen LogP contribution in [-0.4, -0.2) is 16.4 Å². The molecule has 53 heavy (non-hydrogen) atoms. The van der Waals surface area contributed by atoms with E-state index >= 15 is 0 Å². The molecule has 0 saturated heterocycles. The number of imide groups is 1. The smallest absolute Gasteiger partial charge is 0.268 e. The SMILES string of the molecule is Cc1cc(C)c(N2C(=O)c3cccc(-n4c5ccc(-c6cc(C#N)cc(C#N)c6)cc5c5cc(-c6cc(C#N)cc(C#N)c6)ccc54)c3C2=O)c(C)c1. The summed E-state index contributed by atoms with van der Waals surface area (Å²) >= 11 is 0. The van der Waals surface area contributed by atoms with E-state index in [0.29, 0.717) is 55.9 Å². The summed E-state index contributed by atoms with van der Waals surface area (Å²) in [6.07, 6.45) is 0. The average Bonchev–Trinajstić information content (AvgIpc) is 3.63. The highest BCUT2D eigenvalue weighted by atomic mass is 16.2. The van der Waals surface area contributed by atoms with Gasteiger partial charge in [-0.15, -0.1) is 0 Å². The first-order valence-electron chi connectivity index (χ1n) is 16.7. The van der Waals surface area contributed by atoms with E-state index in [9.17, 15) is 30.6 Å². The van der Waals surface area contributed by atoms with Crippen molar-refractivity contribution in [2.75, 3.05) is 4.90 Å². The number of nitrogens with zero attached hydrogens (tertiary/aromatic N) is 6. The lowest BCUT2D eigenvalue weighted by Crippen LogP contribution is -2.31. The first-order chi connectivity index (χ1) is 25.6. The Morgan fingerprint density at radius 3 is 1.43 bits per heavy atom. The Hall–Kier alpha value is -7.78. The number of fused-ring (bicyclic) bond motifs is 4. The third kappa shape index (κ3) is 5.11. The summed E-state index contributed by atoms with van der Waals surface area (Å²) in [5, 5.41) is 40.3. The predicted molar refractivity (Wildman–Crippen MR) is 202 cm³/mol. The van der Waals surface area contributed by atoms with E-state index in [2.05, 4.69) is 24.3 Å². The van der Waals surface area contributed by atoms with Crippen LogP contribution in [0.5, 0.6) is 0 Å². The molecule has 0 bridgehead atoms. The summed E-state index contributed by atoms with van der Waals surface area (Å²) in [5.41, 5.74) is 10.3. The van der Waals surface area contributed by atoms with Gasteiger partial charge in [-0.05, 0) is 127 Å². The monoisotopic (exact) mass is 682 g/mol. The highest BCUT2D eigenvalue weighted by molar-refractivity contribution is 6.36. The fraction of sp³-hybridized carbons (Fsp3) is 0.0667. The molecule has 0 aliphatic carbocycles. The Labute approximate surface area is 304 Å². The van der Waals surface area contributed by atoms with E-state index < -0.39 is 5.91 Å². The number of nitriles is 4. The van der Waals surface area contributed by atoms with Crippen LogP contribution < -0.4 is 4.90 Å². The number of aryl methyl sites for hydroxylation is 3. The van der Waals surface area contributed by atoms with Crippen LogP contribution in [0.4, 0.5) is 5.69 Å². The summed E-state index contributed by atoms with van der Waals surface area (Å²) in [6.45, 7) is 5.79. The van der Waals surface area contributed by atoms with E-state index in [1.807, 2.05) is 79.9 Å². The minimum absolute atomic E-state index is 0.296. The van der Waals surface area contributed by atoms with Crippen molar-refractivity contribution in [3.63, 3.8) is 0 Å². The summed E-state index contributed by atoms with van der Waals surface area (Å²) < 4.78 is 1.99. The van der Waals surface area contributed by atoms with Crippen molar-refractivity contribution in [3.05, 3.63) is 153 Å². The number of hydrogen-bond donors (Lipinski definition) is 0. The van der Waals surface area contributed by atoms with Crippen molar-refractivity contribution in [2.24, 2.45) is 0 Å². The standard InChI is InChI=1S/C45H26N6O2/c1-25-11-26(2)43(27(3)12-25)51-44(52)36-5-4-6-41(42(36)45(51)53)50-39-9-7-32(34-15-28(21-46)13-29(16-34)22-47)19-37(39)38-20-33(8-10-40(38)50)35-17-30(23-48)14-31(18-35)24-49/h4-20H,1-3H3. The fourth-order valence-electron chi connectivity index (χ4n) is 7.67. The van der Waals surface area contributed by atoms with Crippen LogP contribution in [0, 0.1) is 66.1 Å². The molecule has 2 amide bonds. The lowest BCUT2D eigenvalue weighted by molar-refractivity contribution is 0.0925. The van der Waals surface area contributed by atoms with Crippen molar-refractivity contribution in [2.45, 2.75) is 20.8 Å². The van der Waals surface area contributed by atoms with E-state index in [1.54, 1.807) is 48.5 Å². The van der Waals surface area contributed by atoms with E-state index in [0.717, 1.165) is 49.6 Å². The van der Waals surface area contributed by atoms with Gasteiger partial charge in [-0.1, -0.05) is 35.9 Å². The quantitative estimate of drug-likeness (QED) is 0.170. The Morgan fingerprint density at radius 1 is 0.509 bits per heavy atom. The summed E-state index contributed by atoms with van der Waals surface area (Å²) in [7, 11) is 0. The molecule has 8 rings (SSSR count). The van der Waals surface area contributed by atoms with E-state index in [-0.39, 0.29) is 5.91 Å². The molecular formula is C45H26N6O2. The summed E-state index contributed by atoms with van der Waals surface area (Å²) in [4.78, 5) is 29.8. The first-order valence-corrected chi connectivity index (χ1v) is 16.7. The Kier molecular flexibility index (Phi) is 7.48. The number of rotatable bonds is 4. The molecule has 0 atom stereocenters. The maximum absolute atomic E-state index is 14.5. The molecule has 8 nitrogen and oxygen atoms in total. The van der Waals surface area contributed by atoms with Crippen LogP contribution in [0.1, 0.15) is 59.7 Å². The van der Waals surface area contributed by atoms with Gasteiger partial charge in [0.25, 0.3) is 11.8 Å². The van der Waals surface area contributed by atoms with Crippen molar-refractivity contribution in [1.29, 1.82) is 21.0 Å². The molecule has 0 unspecified atom stereocenters. The molecular weight excluding hydrogens is 657 g/mol. The Balaban J connectivity index is 1.40. The molecule has 248 valence electrons. The van der Waals surface area contributed by atoms with Crippen molar-refractivity contribution in [1.82, 2.24) is 4.57 Å². The van der Waals surface area contributed by atoms with Crippen LogP contribution in [0.25, 0.3) is 49.7 Å². The molecule has 0 spiro atoms. The number of carbonyl (C=O) groups excluding carboxylic acids is 2. The molecule has 0 saturated carbocycles. The highest BCUT2D eigenvalue weighted by Crippen LogP contribution is 2.41. The van der Waals surface area contributed by atoms with Gasteiger partial charge >= 0.3 is 0 Å². The van der Waals surface area contributed by atoms with Gasteiger partial charge in [0.1, 0.15) is 0 Å². The fourth-order valence-corrected chi connectivity index (χ4v) is 7.67. The zero-order valence-electron chi connectivity index (χ0n) is 28.8. The lowest BCUT2D eigenvalue weighted by atomic mass is 9.97. The van der Waals surface area contributed by atoms with Gasteiger partial charge in [0.15, 0.2) is 0 Å². The Bertz CT molecular complexity index is 2760. The third-order valence-corrected chi connectivity index (χ3v) is 9.81. The second-order valence-electron chi connectivity index (χ2n) is 13.2. The maximum atomic E-state index is 14.5. The van der Waals surface area contributed by atoms with Crippen LogP contribution in [0.2, 0.25) is 0 Å². The van der Waals surface area contributed by atoms with Gasteiger partial charge < -0.3 is 4.57 Å². The molecule has 7 aromatic rings. The van der Waals surface area contributed by atoms with Gasteiger partial charge in [0, 0.05) is 10.8 Å². The molecule has 6 aromatic carbocycles. The van der Waals surface area contributed by atoms with Crippen LogP contribution >= 0.6 is 0 Å². The minimum atomic E-state index is -0.409. The molecule has 8 heteroatoms. The number of benzene rings is 6. The van der Waals surface area contributed by atoms with Gasteiger partial charge in [-0.2, -0.15) is 21.0 Å². The maximum Gasteiger partial charge on any atom is 0.268 e. The van der Waals surface area contributed by atoms with E-state index in [4.69, 9.17) is 0 Å². The zero-order valence-corrected chi connectivity index (χ0v) is 28.8. The number of amides is 2. The zero-order chi connectivity index (χ0) is 37.1. The average molecular weight is 683 g/mol. The van der Waals surface area contributed by atoms with Gasteiger partial charge in [-0.3, -0.25) is 9.59 Å². The number of aromatic nitrogens is 1. The van der Waals surface area contributed by atoms with Gasteiger partial charge in [0.2, 0.25) is 0 Å². The van der Waals surface area contributed by atoms with Crippen molar-refractivity contribution >= 4 is 39.3 Å². The summed E-state index contributed by atoms with van der Waals surface area (Å²) in [6, 6.07) is 39.5. The molecule has 0 radical (unpaired) electrons. The molecule has 1 aromatic heterocycles. The number of hydrogen-bond acceptors (Lipinski definition) is 6. The van der Waals surface area contributed by atoms with Crippen LogP contribution in [0.15, 0.2) is 103 Å². The van der Waals surface area contributed by atoms with Crippen molar-refractivity contribution < 1.29 is 9.59 Å². The lowest BCUT2D eigenvalue weighted by Gasteiger charge is -2.20. The second-order valence-corrected chi connectivity index (χ2v) is 13.2. The highest BCUT2D eigenvalue weighted by Gasteiger charge is 2.40. The third-order valence-electron chi connectivity index (χ3n) is 9.81. The number of carbonyl (C=O) groups is 2. The van der Waals surface area contributed by atoms with Crippen LogP contribution in [0.3, 0.4) is 0 Å². The molecule has 0 fully saturated rings. The minimum Gasteiger partial charge on any atom is -0.308 e. The second kappa shape index (κ2) is 12.2. The van der Waals surface area contributed by atoms with Gasteiger partial charge in [0.05, 0.1) is 80.1 Å². The van der Waals surface area contributed by atoms with Gasteiger partial charge in [-0.25, -0.2) is 4.90 Å². The molecule has 2 heterocycles. The molecule has 1 aliphatic rings. The number of anilines is 1. The van der Waals surface area contributed by atoms with E-state index in [1.165, 1.54) is 4.90 Å². The van der Waals surface area contributed by atoms with Crippen LogP contribution in [-0.2, 0) is 0 Å². The molecule has 0 N–H and O–H groups in total. The Morgan fingerprint density at radius 2 is 0.981 bits per heavy atom. The largest absolute Gasteiger partial charge is 0.308 e. The molecule has 1 aliphatic heterocycles. The normalized spacial score (nSPS) is 12.0. The topological polar surface area (TPSA) is 137 Å². The summed E-state index contributed by atoms with van der Waals surface area (Å²) in [5.74, 6) is -0.794.